The molecule has 2 aromatic heterocycles. The average molecular weight is 392 g/mol. The van der Waals surface area contributed by atoms with E-state index in [0.717, 1.165) is 28.9 Å². The number of benzene rings is 2. The molecular formula is C23H25N3OS. The molecule has 5 heteroatoms. The van der Waals surface area contributed by atoms with Gasteiger partial charge in [0, 0.05) is 41.1 Å². The van der Waals surface area contributed by atoms with Crippen LogP contribution in [0.15, 0.2) is 36.5 Å². The number of hydrogen-bond donors (Lipinski definition) is 2. The summed E-state index contributed by atoms with van der Waals surface area (Å²) in [7, 11) is 2.09. The highest BCUT2D eigenvalue weighted by Crippen LogP contribution is 2.35. The molecule has 0 radical (unpaired) electrons. The van der Waals surface area contributed by atoms with Gasteiger partial charge in [-0.05, 0) is 86.4 Å². The molecule has 28 heavy (non-hydrogen) atoms. The summed E-state index contributed by atoms with van der Waals surface area (Å²) < 4.78 is 4.82. The van der Waals surface area contributed by atoms with Gasteiger partial charge < -0.3 is 14.7 Å². The fourth-order valence-corrected chi connectivity index (χ4v) is 4.29. The van der Waals surface area contributed by atoms with Crippen molar-refractivity contribution in [1.82, 2.24) is 14.1 Å². The van der Waals surface area contributed by atoms with Gasteiger partial charge in [0.15, 0.2) is 4.77 Å². The normalized spacial score (nSPS) is 11.5. The second kappa shape index (κ2) is 6.67. The number of rotatable bonds is 3. The Morgan fingerprint density at radius 3 is 2.57 bits per heavy atom. The number of phenolic OH excluding ortho intramolecular Hbond substituents is 1. The Hall–Kier alpha value is -2.79. The van der Waals surface area contributed by atoms with Crippen LogP contribution in [0.1, 0.15) is 29.3 Å². The monoisotopic (exact) mass is 391 g/mol. The van der Waals surface area contributed by atoms with Crippen molar-refractivity contribution in [2.45, 2.75) is 34.1 Å². The maximum absolute atomic E-state index is 10.6. The van der Waals surface area contributed by atoms with Crippen LogP contribution in [0.4, 0.5) is 0 Å². The summed E-state index contributed by atoms with van der Waals surface area (Å²) in [5.41, 5.74) is 8.69. The third-order valence-corrected chi connectivity index (χ3v) is 6.24. The zero-order valence-corrected chi connectivity index (χ0v) is 17.7. The third-order valence-electron chi connectivity index (χ3n) is 5.94. The van der Waals surface area contributed by atoms with Gasteiger partial charge in [-0.1, -0.05) is 6.92 Å². The van der Waals surface area contributed by atoms with E-state index in [9.17, 15) is 5.11 Å². The topological polar surface area (TPSA) is 45.9 Å². The van der Waals surface area contributed by atoms with Gasteiger partial charge in [-0.3, -0.25) is 4.57 Å². The molecule has 0 spiro atoms. The number of aromatic amines is 1. The van der Waals surface area contributed by atoms with Gasteiger partial charge in [-0.25, -0.2) is 0 Å². The Labute approximate surface area is 170 Å². The van der Waals surface area contributed by atoms with Crippen molar-refractivity contribution in [2.24, 2.45) is 7.05 Å². The summed E-state index contributed by atoms with van der Waals surface area (Å²) in [4.78, 5) is 3.15. The van der Waals surface area contributed by atoms with E-state index in [2.05, 4.69) is 61.6 Å². The fourth-order valence-electron chi connectivity index (χ4n) is 4.03. The van der Waals surface area contributed by atoms with Crippen molar-refractivity contribution < 1.29 is 5.11 Å². The van der Waals surface area contributed by atoms with E-state index >= 15 is 0 Å². The molecule has 0 unspecified atom stereocenters. The Bertz CT molecular complexity index is 1270. The maximum atomic E-state index is 10.6. The Morgan fingerprint density at radius 1 is 1.11 bits per heavy atom. The predicted octanol–water partition coefficient (Wildman–Crippen LogP) is 5.89. The third kappa shape index (κ3) is 2.69. The van der Waals surface area contributed by atoms with Crippen molar-refractivity contribution in [3.8, 4) is 22.7 Å². The lowest BCUT2D eigenvalue weighted by Gasteiger charge is -2.13. The van der Waals surface area contributed by atoms with Crippen LogP contribution >= 0.6 is 12.2 Å². The molecule has 0 fully saturated rings. The van der Waals surface area contributed by atoms with E-state index in [0.29, 0.717) is 4.77 Å². The van der Waals surface area contributed by atoms with E-state index < -0.39 is 0 Å². The van der Waals surface area contributed by atoms with Gasteiger partial charge in [0.05, 0.1) is 5.69 Å². The zero-order valence-electron chi connectivity index (χ0n) is 16.9. The molecule has 4 aromatic rings. The Kier molecular flexibility index (Phi) is 4.42. The quantitative estimate of drug-likeness (QED) is 0.428. The van der Waals surface area contributed by atoms with E-state index in [-0.39, 0.29) is 5.75 Å². The van der Waals surface area contributed by atoms with Gasteiger partial charge in [0.25, 0.3) is 0 Å². The number of fused-ring (bicyclic) bond motifs is 1. The number of imidazole rings is 1. The summed E-state index contributed by atoms with van der Waals surface area (Å²) in [5, 5.41) is 11.9. The minimum Gasteiger partial charge on any atom is -0.507 e. The highest BCUT2D eigenvalue weighted by molar-refractivity contribution is 7.71. The van der Waals surface area contributed by atoms with Crippen molar-refractivity contribution in [2.75, 3.05) is 0 Å². The summed E-state index contributed by atoms with van der Waals surface area (Å²) in [6, 6.07) is 10.3. The molecule has 144 valence electrons. The van der Waals surface area contributed by atoms with Crippen LogP contribution in [0.25, 0.3) is 27.8 Å². The maximum Gasteiger partial charge on any atom is 0.182 e. The molecule has 0 aliphatic rings. The Balaban J connectivity index is 1.97. The molecule has 4 rings (SSSR count). The van der Waals surface area contributed by atoms with Crippen molar-refractivity contribution in [3.63, 3.8) is 0 Å². The van der Waals surface area contributed by atoms with Crippen LogP contribution in [-0.4, -0.2) is 19.2 Å². The lowest BCUT2D eigenvalue weighted by molar-refractivity contribution is 0.476. The first-order chi connectivity index (χ1) is 13.3. The lowest BCUT2D eigenvalue weighted by Crippen LogP contribution is -1.99. The van der Waals surface area contributed by atoms with E-state index in [1.807, 2.05) is 23.8 Å². The van der Waals surface area contributed by atoms with Crippen molar-refractivity contribution in [3.05, 3.63) is 63.7 Å². The molecule has 0 saturated carbocycles. The summed E-state index contributed by atoms with van der Waals surface area (Å²) in [6.07, 6.45) is 2.79. The number of aromatic hydroxyl groups is 1. The first-order valence-corrected chi connectivity index (χ1v) is 9.93. The number of H-pyrrole nitrogens is 1. The van der Waals surface area contributed by atoms with Crippen LogP contribution in [-0.2, 0) is 13.5 Å². The molecule has 2 N–H and O–H groups in total. The first-order valence-electron chi connectivity index (χ1n) is 9.52. The summed E-state index contributed by atoms with van der Waals surface area (Å²) >= 11 is 5.59. The molecule has 4 nitrogen and oxygen atoms in total. The number of hydrogen-bond acceptors (Lipinski definition) is 2. The minimum atomic E-state index is 0.269. The number of phenols is 1. The van der Waals surface area contributed by atoms with Gasteiger partial charge in [0.2, 0.25) is 0 Å². The lowest BCUT2D eigenvalue weighted by atomic mass is 10.00. The van der Waals surface area contributed by atoms with Crippen LogP contribution in [0.5, 0.6) is 5.75 Å². The second-order valence-electron chi connectivity index (χ2n) is 7.43. The number of aromatic nitrogens is 3. The molecule has 0 aliphatic heterocycles. The SMILES string of the molecule is CCc1cc(-c2c[nH]c(=S)n2-c2ccc3c(c2)c(C)c(C)n3C)c(O)cc1C. The summed E-state index contributed by atoms with van der Waals surface area (Å²) in [5.74, 6) is 0.269. The predicted molar refractivity (Wildman–Crippen MR) is 118 cm³/mol. The van der Waals surface area contributed by atoms with Crippen LogP contribution in [0, 0.1) is 25.5 Å². The zero-order chi connectivity index (χ0) is 20.2. The molecule has 0 atom stereocenters. The van der Waals surface area contributed by atoms with Crippen LogP contribution in [0.2, 0.25) is 0 Å². The second-order valence-corrected chi connectivity index (χ2v) is 7.82. The molecule has 0 bridgehead atoms. The highest BCUT2D eigenvalue weighted by Gasteiger charge is 2.16. The molecule has 0 saturated heterocycles. The van der Waals surface area contributed by atoms with Gasteiger partial charge >= 0.3 is 0 Å². The van der Waals surface area contributed by atoms with Gasteiger partial charge in [-0.2, -0.15) is 0 Å². The van der Waals surface area contributed by atoms with Crippen molar-refractivity contribution >= 4 is 23.1 Å². The number of nitrogens with zero attached hydrogens (tertiary/aromatic N) is 2. The smallest absolute Gasteiger partial charge is 0.182 e. The molecule has 2 heterocycles. The van der Waals surface area contributed by atoms with Crippen molar-refractivity contribution in [1.29, 1.82) is 0 Å². The standard InChI is InChI=1S/C23H25N3OS/c1-6-16-10-19(22(27)9-13(16)2)21-12-24-23(28)26(21)17-7-8-20-18(11-17)14(3)15(4)25(20)5/h7-12,27H,6H2,1-5H3,(H,24,28). The fraction of sp³-hybridized carbons (Fsp3) is 0.261. The molecular weight excluding hydrogens is 366 g/mol. The molecule has 0 aliphatic carbocycles. The van der Waals surface area contributed by atoms with Gasteiger partial charge in [-0.15, -0.1) is 0 Å². The minimum absolute atomic E-state index is 0.269. The van der Waals surface area contributed by atoms with Crippen LogP contribution < -0.4 is 0 Å². The number of nitrogens with one attached hydrogen (secondary N) is 1. The average Bonchev–Trinajstić information content (AvgIpc) is 3.15. The van der Waals surface area contributed by atoms with Crippen LogP contribution in [0.3, 0.4) is 0 Å². The van der Waals surface area contributed by atoms with Gasteiger partial charge in [0.1, 0.15) is 5.75 Å². The number of aryl methyl sites for hydroxylation is 4. The summed E-state index contributed by atoms with van der Waals surface area (Å²) in [6.45, 7) is 8.44. The largest absolute Gasteiger partial charge is 0.507 e. The van der Waals surface area contributed by atoms with E-state index in [1.54, 1.807) is 0 Å². The highest BCUT2D eigenvalue weighted by atomic mass is 32.1. The van der Waals surface area contributed by atoms with E-state index in [1.165, 1.54) is 27.7 Å². The molecule has 2 aromatic carbocycles. The Morgan fingerprint density at radius 2 is 1.86 bits per heavy atom. The van der Waals surface area contributed by atoms with E-state index in [4.69, 9.17) is 12.2 Å². The first kappa shape index (κ1) is 18.6. The molecule has 0 amide bonds.